The number of hydrogen-bond donors (Lipinski definition) is 3. The first-order chi connectivity index (χ1) is 10.9. The van der Waals surface area contributed by atoms with Crippen molar-refractivity contribution >= 4 is 17.3 Å². The van der Waals surface area contributed by atoms with Crippen LogP contribution in [0.3, 0.4) is 0 Å². The maximum absolute atomic E-state index is 10.6. The topological polar surface area (TPSA) is 74.5 Å². The molecule has 0 fully saturated rings. The van der Waals surface area contributed by atoms with Gasteiger partial charge in [-0.25, -0.2) is 4.99 Å². The van der Waals surface area contributed by atoms with Gasteiger partial charge in [0, 0.05) is 30.2 Å². The predicted molar refractivity (Wildman–Crippen MR) is 94.7 cm³/mol. The Morgan fingerprint density at radius 3 is 2.83 bits per heavy atom. The number of nitrogens with zero attached hydrogens (tertiary/aromatic N) is 3. The Balaban J connectivity index is 2.00. The molecule has 0 aromatic carbocycles. The maximum atomic E-state index is 10.6. The molecule has 2 rings (SSSR count). The van der Waals surface area contributed by atoms with Crippen LogP contribution in [0.4, 0.5) is 0 Å². The number of hydrogen-bond acceptors (Lipinski definition) is 4. The van der Waals surface area contributed by atoms with Gasteiger partial charge < -0.3 is 15.7 Å². The molecule has 0 saturated carbocycles. The van der Waals surface area contributed by atoms with E-state index in [1.165, 1.54) is 10.4 Å². The first-order valence-electron chi connectivity index (χ1n) is 7.69. The van der Waals surface area contributed by atoms with E-state index in [4.69, 9.17) is 0 Å². The summed E-state index contributed by atoms with van der Waals surface area (Å²) in [6.45, 7) is 7.64. The molecule has 1 unspecified atom stereocenters. The van der Waals surface area contributed by atoms with Crippen molar-refractivity contribution in [3.05, 3.63) is 39.8 Å². The second kappa shape index (κ2) is 7.61. The molecule has 0 amide bonds. The molecule has 7 heteroatoms. The SMILES string of the molecule is CCNC(=NCc1sccc1C)NCC(C)(O)c1cnn(C)c1. The van der Waals surface area contributed by atoms with Gasteiger partial charge in [0.05, 0.1) is 19.3 Å². The average molecular weight is 335 g/mol. The normalized spacial score (nSPS) is 14.6. The quantitative estimate of drug-likeness (QED) is 0.555. The van der Waals surface area contributed by atoms with Crippen LogP contribution < -0.4 is 10.6 Å². The molecule has 2 aromatic rings. The summed E-state index contributed by atoms with van der Waals surface area (Å²) < 4.78 is 1.68. The number of thiophene rings is 1. The van der Waals surface area contributed by atoms with Crippen LogP contribution in [0.1, 0.15) is 29.9 Å². The van der Waals surface area contributed by atoms with E-state index < -0.39 is 5.60 Å². The molecule has 0 radical (unpaired) electrons. The van der Waals surface area contributed by atoms with E-state index in [1.807, 2.05) is 20.2 Å². The summed E-state index contributed by atoms with van der Waals surface area (Å²) in [6.07, 6.45) is 3.50. The van der Waals surface area contributed by atoms with Crippen LogP contribution in [0.5, 0.6) is 0 Å². The van der Waals surface area contributed by atoms with Gasteiger partial charge in [-0.1, -0.05) is 0 Å². The predicted octanol–water partition coefficient (Wildman–Crippen LogP) is 1.75. The van der Waals surface area contributed by atoms with Crippen molar-refractivity contribution < 1.29 is 5.11 Å². The summed E-state index contributed by atoms with van der Waals surface area (Å²) in [6, 6.07) is 2.10. The summed E-state index contributed by atoms with van der Waals surface area (Å²) in [5.41, 5.74) is 1.03. The minimum atomic E-state index is -1.01. The molecule has 6 nitrogen and oxygen atoms in total. The highest BCUT2D eigenvalue weighted by Gasteiger charge is 2.24. The lowest BCUT2D eigenvalue weighted by molar-refractivity contribution is 0.0616. The molecule has 0 saturated heterocycles. The van der Waals surface area contributed by atoms with Crippen LogP contribution in [-0.4, -0.2) is 33.9 Å². The number of rotatable bonds is 6. The molecule has 0 aliphatic heterocycles. The molecular weight excluding hydrogens is 310 g/mol. The highest BCUT2D eigenvalue weighted by Crippen LogP contribution is 2.19. The number of nitrogens with one attached hydrogen (secondary N) is 2. The van der Waals surface area contributed by atoms with Crippen molar-refractivity contribution in [1.29, 1.82) is 0 Å². The van der Waals surface area contributed by atoms with Crippen LogP contribution in [0, 0.1) is 6.92 Å². The minimum absolute atomic E-state index is 0.355. The molecule has 2 aromatic heterocycles. The molecular formula is C16H25N5OS. The highest BCUT2D eigenvalue weighted by molar-refractivity contribution is 7.10. The smallest absolute Gasteiger partial charge is 0.191 e. The van der Waals surface area contributed by atoms with Crippen molar-refractivity contribution in [3.8, 4) is 0 Å². The molecule has 1 atom stereocenters. The van der Waals surface area contributed by atoms with E-state index in [1.54, 1.807) is 29.1 Å². The molecule has 126 valence electrons. The Kier molecular flexibility index (Phi) is 5.79. The van der Waals surface area contributed by atoms with Crippen molar-refractivity contribution in [3.63, 3.8) is 0 Å². The second-order valence-corrected chi connectivity index (χ2v) is 6.75. The number of guanidine groups is 1. The summed E-state index contributed by atoms with van der Waals surface area (Å²) in [7, 11) is 1.84. The van der Waals surface area contributed by atoms with Crippen LogP contribution in [-0.2, 0) is 19.2 Å². The number of aromatic nitrogens is 2. The van der Waals surface area contributed by atoms with Gasteiger partial charge in [-0.05, 0) is 37.8 Å². The van der Waals surface area contributed by atoms with Crippen LogP contribution >= 0.6 is 11.3 Å². The zero-order valence-corrected chi connectivity index (χ0v) is 14.9. The summed E-state index contributed by atoms with van der Waals surface area (Å²) >= 11 is 1.71. The fourth-order valence-corrected chi connectivity index (χ4v) is 2.95. The molecule has 0 aliphatic carbocycles. The highest BCUT2D eigenvalue weighted by atomic mass is 32.1. The van der Waals surface area contributed by atoms with Crippen molar-refractivity contribution in [2.75, 3.05) is 13.1 Å². The third-order valence-electron chi connectivity index (χ3n) is 3.62. The Hall–Kier alpha value is -1.86. The summed E-state index contributed by atoms with van der Waals surface area (Å²) in [5, 5.41) is 23.2. The van der Waals surface area contributed by atoms with Crippen LogP contribution in [0.2, 0.25) is 0 Å². The third-order valence-corrected chi connectivity index (χ3v) is 4.63. The number of aliphatic imine (C=N–C) groups is 1. The zero-order valence-electron chi connectivity index (χ0n) is 14.1. The van der Waals surface area contributed by atoms with Gasteiger partial charge in [-0.2, -0.15) is 5.10 Å². The fraction of sp³-hybridized carbons (Fsp3) is 0.500. The molecule has 0 bridgehead atoms. The summed E-state index contributed by atoms with van der Waals surface area (Å²) in [4.78, 5) is 5.84. The van der Waals surface area contributed by atoms with Gasteiger partial charge in [0.1, 0.15) is 5.60 Å². The molecule has 23 heavy (non-hydrogen) atoms. The third kappa shape index (κ3) is 4.80. The molecule has 2 heterocycles. The van der Waals surface area contributed by atoms with E-state index in [9.17, 15) is 5.11 Å². The van der Waals surface area contributed by atoms with Gasteiger partial charge in [0.2, 0.25) is 0 Å². The van der Waals surface area contributed by atoms with Crippen molar-refractivity contribution in [2.24, 2.45) is 12.0 Å². The van der Waals surface area contributed by atoms with Gasteiger partial charge in [0.15, 0.2) is 5.96 Å². The summed E-state index contributed by atoms with van der Waals surface area (Å²) in [5.74, 6) is 0.699. The zero-order chi connectivity index (χ0) is 16.9. The Labute approximate surface area is 141 Å². The van der Waals surface area contributed by atoms with Gasteiger partial charge in [-0.15, -0.1) is 11.3 Å². The van der Waals surface area contributed by atoms with Crippen LogP contribution in [0.25, 0.3) is 0 Å². The fourth-order valence-electron chi connectivity index (χ4n) is 2.12. The lowest BCUT2D eigenvalue weighted by Gasteiger charge is -2.23. The largest absolute Gasteiger partial charge is 0.383 e. The minimum Gasteiger partial charge on any atom is -0.383 e. The number of aryl methyl sites for hydroxylation is 2. The van der Waals surface area contributed by atoms with E-state index in [2.05, 4.69) is 39.1 Å². The lowest BCUT2D eigenvalue weighted by Crippen LogP contribution is -2.44. The van der Waals surface area contributed by atoms with Crippen molar-refractivity contribution in [1.82, 2.24) is 20.4 Å². The Morgan fingerprint density at radius 1 is 1.48 bits per heavy atom. The van der Waals surface area contributed by atoms with E-state index in [0.29, 0.717) is 19.0 Å². The van der Waals surface area contributed by atoms with Gasteiger partial charge >= 0.3 is 0 Å². The van der Waals surface area contributed by atoms with Crippen LogP contribution in [0.15, 0.2) is 28.8 Å². The monoisotopic (exact) mass is 335 g/mol. The van der Waals surface area contributed by atoms with Crippen molar-refractivity contribution in [2.45, 2.75) is 32.9 Å². The first kappa shape index (κ1) is 17.5. The second-order valence-electron chi connectivity index (χ2n) is 5.75. The standard InChI is InChI=1S/C16H25N5OS/c1-5-17-15(18-9-14-12(2)6-7-23-14)19-11-16(3,22)13-8-20-21(4)10-13/h6-8,10,22H,5,9,11H2,1-4H3,(H2,17,18,19). The number of aliphatic hydroxyl groups is 1. The first-order valence-corrected chi connectivity index (χ1v) is 8.57. The van der Waals surface area contributed by atoms with Gasteiger partial charge in [-0.3, -0.25) is 4.68 Å². The van der Waals surface area contributed by atoms with E-state index in [-0.39, 0.29) is 0 Å². The molecule has 0 aliphatic rings. The Bertz CT molecular complexity index is 659. The van der Waals surface area contributed by atoms with Gasteiger partial charge in [0.25, 0.3) is 0 Å². The molecule has 0 spiro atoms. The molecule has 3 N–H and O–H groups in total. The Morgan fingerprint density at radius 2 is 2.26 bits per heavy atom. The maximum Gasteiger partial charge on any atom is 0.191 e. The average Bonchev–Trinajstić information content (AvgIpc) is 3.11. The lowest BCUT2D eigenvalue weighted by atomic mass is 10.00. The van der Waals surface area contributed by atoms with E-state index in [0.717, 1.165) is 12.1 Å². The van der Waals surface area contributed by atoms with E-state index >= 15 is 0 Å².